The molecule has 5 nitrogen and oxygen atoms in total. The Morgan fingerprint density at radius 3 is 2.40 bits per heavy atom. The minimum Gasteiger partial charge on any atom is -0.463 e. The number of nitrogens with zero attached hydrogens (tertiary/aromatic N) is 2. The zero-order valence-electron chi connectivity index (χ0n) is 16.5. The van der Waals surface area contributed by atoms with Crippen LogP contribution in [0.3, 0.4) is 0 Å². The van der Waals surface area contributed by atoms with Crippen molar-refractivity contribution < 1.29 is 23.1 Å². The first kappa shape index (κ1) is 21.2. The first-order valence-electron chi connectivity index (χ1n) is 9.52. The summed E-state index contributed by atoms with van der Waals surface area (Å²) in [5.41, 5.74) is 2.09. The van der Waals surface area contributed by atoms with Gasteiger partial charge in [-0.2, -0.15) is 11.5 Å². The highest BCUT2D eigenvalue weighted by Crippen LogP contribution is 2.29. The summed E-state index contributed by atoms with van der Waals surface area (Å²) in [6.45, 7) is 9.82. The minimum atomic E-state index is -0.882. The average molecular weight is 410 g/mol. The molecule has 2 aromatic rings. The molecule has 0 amide bonds. The summed E-state index contributed by atoms with van der Waals surface area (Å²) in [6, 6.07) is 10.2. The van der Waals surface area contributed by atoms with Gasteiger partial charge in [0, 0.05) is 6.42 Å². The first-order valence-corrected chi connectivity index (χ1v) is 9.52. The van der Waals surface area contributed by atoms with Gasteiger partial charge in [0.2, 0.25) is 0 Å². The van der Waals surface area contributed by atoms with Crippen molar-refractivity contribution in [1.29, 1.82) is 0 Å². The second kappa shape index (κ2) is 9.31. The quantitative estimate of drug-likeness (QED) is 0.406. The van der Waals surface area contributed by atoms with E-state index in [0.29, 0.717) is 24.1 Å². The molecular formula is C23H20F2N2O3. The molecule has 0 atom stereocenters. The number of carbonyl (C=O) groups is 2. The predicted molar refractivity (Wildman–Crippen MR) is 107 cm³/mol. The molecule has 0 bridgehead atoms. The van der Waals surface area contributed by atoms with Crippen LogP contribution in [0.2, 0.25) is 0 Å². The van der Waals surface area contributed by atoms with Gasteiger partial charge in [0.1, 0.15) is 18.2 Å². The molecule has 1 heterocycles. The summed E-state index contributed by atoms with van der Waals surface area (Å²) in [5.74, 6) is -2.86. The molecule has 0 spiro atoms. The van der Waals surface area contributed by atoms with Crippen molar-refractivity contribution in [1.82, 2.24) is 5.01 Å². The molecule has 30 heavy (non-hydrogen) atoms. The molecule has 154 valence electrons. The predicted octanol–water partition coefficient (Wildman–Crippen LogP) is 4.25. The number of hydrogen-bond donors (Lipinski definition) is 0. The van der Waals surface area contributed by atoms with Crippen LogP contribution in [-0.2, 0) is 16.0 Å². The van der Waals surface area contributed by atoms with Gasteiger partial charge in [-0.25, -0.2) is 13.6 Å². The van der Waals surface area contributed by atoms with Crippen LogP contribution < -0.4 is 0 Å². The Balaban J connectivity index is 1.84. The van der Waals surface area contributed by atoms with E-state index < -0.39 is 29.0 Å². The third-order valence-electron chi connectivity index (χ3n) is 4.90. The van der Waals surface area contributed by atoms with Crippen LogP contribution in [0.25, 0.3) is 10.5 Å². The van der Waals surface area contributed by atoms with Crippen molar-refractivity contribution in [2.24, 2.45) is 0 Å². The number of ether oxygens (including phenoxy) is 1. The number of benzene rings is 2. The number of hydrogen-bond acceptors (Lipinski definition) is 4. The van der Waals surface area contributed by atoms with E-state index in [0.717, 1.165) is 23.3 Å². The Bertz CT molecular complexity index is 1020. The van der Waals surface area contributed by atoms with E-state index in [1.807, 2.05) is 0 Å². The number of ketones is 1. The average Bonchev–Trinajstić information content (AvgIpc) is 2.74. The van der Waals surface area contributed by atoms with Crippen LogP contribution in [0.5, 0.6) is 0 Å². The molecule has 0 saturated heterocycles. The van der Waals surface area contributed by atoms with Crippen LogP contribution in [0.4, 0.5) is 8.78 Å². The highest BCUT2D eigenvalue weighted by Gasteiger charge is 2.28. The van der Waals surface area contributed by atoms with E-state index in [4.69, 9.17) is 11.3 Å². The Morgan fingerprint density at radius 2 is 1.80 bits per heavy atom. The number of esters is 1. The first-order chi connectivity index (χ1) is 14.4. The van der Waals surface area contributed by atoms with Crippen LogP contribution in [0.1, 0.15) is 34.8 Å². The SMILES string of the molecule is [C-]#[N+]N1CCC(c2ccc(CC(=O)c3c(F)cccc3F)cc2)=C(C(=O)OCC)C1. The fraction of sp³-hybridized carbons (Fsp3) is 0.261. The van der Waals surface area contributed by atoms with Gasteiger partial charge >= 0.3 is 5.97 Å². The molecular weight excluding hydrogens is 390 g/mol. The van der Waals surface area contributed by atoms with Gasteiger partial charge < -0.3 is 4.74 Å². The van der Waals surface area contributed by atoms with Crippen LogP contribution in [-0.4, -0.2) is 36.5 Å². The largest absolute Gasteiger partial charge is 0.463 e. The van der Waals surface area contributed by atoms with E-state index in [-0.39, 0.29) is 19.6 Å². The lowest BCUT2D eigenvalue weighted by Gasteiger charge is -2.22. The lowest BCUT2D eigenvalue weighted by Crippen LogP contribution is -2.29. The number of carbonyl (C=O) groups excluding carboxylic acids is 2. The van der Waals surface area contributed by atoms with Gasteiger partial charge in [-0.3, -0.25) is 4.79 Å². The van der Waals surface area contributed by atoms with Crippen molar-refractivity contribution in [2.75, 3.05) is 19.7 Å². The summed E-state index contributed by atoms with van der Waals surface area (Å²) in [6.07, 6.45) is 0.364. The van der Waals surface area contributed by atoms with Gasteiger partial charge in [0.25, 0.3) is 0 Å². The van der Waals surface area contributed by atoms with Gasteiger partial charge in [-0.05, 0) is 42.2 Å². The van der Waals surface area contributed by atoms with Gasteiger partial charge in [-0.1, -0.05) is 30.3 Å². The van der Waals surface area contributed by atoms with E-state index in [1.165, 1.54) is 11.1 Å². The molecule has 0 radical (unpaired) electrons. The topological polar surface area (TPSA) is 51.0 Å². The van der Waals surface area contributed by atoms with Crippen molar-refractivity contribution in [2.45, 2.75) is 19.8 Å². The molecule has 7 heteroatoms. The highest BCUT2D eigenvalue weighted by molar-refractivity contribution is 5.99. The molecule has 0 N–H and O–H groups in total. The molecule has 0 unspecified atom stereocenters. The molecule has 1 aliphatic heterocycles. The second-order valence-electron chi connectivity index (χ2n) is 6.81. The summed E-state index contributed by atoms with van der Waals surface area (Å²) < 4.78 is 32.8. The zero-order chi connectivity index (χ0) is 21.7. The second-order valence-corrected chi connectivity index (χ2v) is 6.81. The molecule has 2 aromatic carbocycles. The Hall–Kier alpha value is -3.53. The van der Waals surface area contributed by atoms with Gasteiger partial charge in [0.15, 0.2) is 5.78 Å². The number of halogens is 2. The molecule has 0 aromatic heterocycles. The van der Waals surface area contributed by atoms with Crippen molar-refractivity contribution in [3.05, 3.63) is 87.9 Å². The summed E-state index contributed by atoms with van der Waals surface area (Å²) in [4.78, 5) is 28.1. The lowest BCUT2D eigenvalue weighted by atomic mass is 9.92. The van der Waals surface area contributed by atoms with Crippen LogP contribution >= 0.6 is 0 Å². The number of Topliss-reactive ketones (excluding diaryl/α,β-unsaturated/α-hetero) is 1. The smallest absolute Gasteiger partial charge is 0.336 e. The molecule has 0 fully saturated rings. The standard InChI is InChI=1S/C23H20F2N2O3/c1-3-30-23(29)18-14-27(26-2)12-11-17(18)16-9-7-15(8-10-16)13-21(28)22-19(24)5-4-6-20(22)25/h4-10H,3,11-14H2,1H3. The highest BCUT2D eigenvalue weighted by atomic mass is 19.1. The summed E-state index contributed by atoms with van der Waals surface area (Å²) in [5, 5.41) is 1.48. The molecule has 3 rings (SSSR count). The fourth-order valence-corrected chi connectivity index (χ4v) is 3.42. The Kier molecular flexibility index (Phi) is 6.58. The maximum Gasteiger partial charge on any atom is 0.336 e. The van der Waals surface area contributed by atoms with E-state index in [1.54, 1.807) is 31.2 Å². The third kappa shape index (κ3) is 4.54. The molecule has 0 aliphatic carbocycles. The normalized spacial score (nSPS) is 13.7. The van der Waals surface area contributed by atoms with E-state index in [9.17, 15) is 18.4 Å². The summed E-state index contributed by atoms with van der Waals surface area (Å²) in [7, 11) is 0. The Morgan fingerprint density at radius 1 is 1.13 bits per heavy atom. The summed E-state index contributed by atoms with van der Waals surface area (Å²) >= 11 is 0. The van der Waals surface area contributed by atoms with Crippen LogP contribution in [0.15, 0.2) is 48.0 Å². The Labute approximate surface area is 173 Å². The molecule has 1 aliphatic rings. The minimum absolute atomic E-state index is 0.145. The third-order valence-corrected chi connectivity index (χ3v) is 4.90. The lowest BCUT2D eigenvalue weighted by molar-refractivity contribution is -0.138. The maximum atomic E-state index is 13.8. The maximum absolute atomic E-state index is 13.8. The van der Waals surface area contributed by atoms with Crippen molar-refractivity contribution in [3.63, 3.8) is 0 Å². The van der Waals surface area contributed by atoms with Gasteiger partial charge in [-0.15, -0.1) is 5.01 Å². The monoisotopic (exact) mass is 410 g/mol. The van der Waals surface area contributed by atoms with E-state index in [2.05, 4.69) is 4.95 Å². The zero-order valence-corrected chi connectivity index (χ0v) is 16.5. The van der Waals surface area contributed by atoms with Crippen molar-refractivity contribution in [3.8, 4) is 0 Å². The number of rotatable bonds is 6. The van der Waals surface area contributed by atoms with E-state index >= 15 is 0 Å². The fourth-order valence-electron chi connectivity index (χ4n) is 3.42. The van der Waals surface area contributed by atoms with Crippen molar-refractivity contribution >= 4 is 17.3 Å². The molecule has 0 saturated carbocycles. The van der Waals surface area contributed by atoms with Crippen LogP contribution in [0, 0.1) is 18.2 Å². The van der Waals surface area contributed by atoms with Gasteiger partial charge in [0.05, 0.1) is 24.3 Å².